The third kappa shape index (κ3) is 3.14. The van der Waals surface area contributed by atoms with Crippen molar-refractivity contribution in [2.75, 3.05) is 0 Å². The average Bonchev–Trinajstić information content (AvgIpc) is 2.41. The minimum Gasteiger partial charge on any atom is -0.488 e. The van der Waals surface area contributed by atoms with E-state index in [4.69, 9.17) is 4.74 Å². The van der Waals surface area contributed by atoms with Crippen LogP contribution < -0.4 is 4.74 Å². The number of benzene rings is 2. The van der Waals surface area contributed by atoms with Gasteiger partial charge in [0.1, 0.15) is 18.2 Å². The maximum Gasteiger partial charge on any atom is 0.273 e. The second kappa shape index (κ2) is 6.00. The van der Waals surface area contributed by atoms with Crippen molar-refractivity contribution in [3.05, 3.63) is 67.9 Å². The fourth-order valence-electron chi connectivity index (χ4n) is 1.67. The number of hydrogen-bond donors (Lipinski definition) is 0. The Morgan fingerprint density at radius 3 is 2.80 bits per heavy atom. The lowest BCUT2D eigenvalue weighted by atomic mass is 10.2. The minimum absolute atomic E-state index is 0.0380. The number of aryl methyl sites for hydroxylation is 1. The largest absolute Gasteiger partial charge is 0.488 e. The fraction of sp³-hybridized carbons (Fsp3) is 0.143. The predicted octanol–water partition coefficient (Wildman–Crippen LogP) is 4.38. The molecule has 0 bridgehead atoms. The van der Waals surface area contributed by atoms with E-state index in [-0.39, 0.29) is 18.1 Å². The SMILES string of the molecule is Cc1ccc([N+](=O)[O-])cc1OCc1cccc(F)c1Br. The zero-order valence-electron chi connectivity index (χ0n) is 10.6. The van der Waals surface area contributed by atoms with Crippen LogP contribution in [0.25, 0.3) is 0 Å². The highest BCUT2D eigenvalue weighted by Gasteiger charge is 2.11. The summed E-state index contributed by atoms with van der Waals surface area (Å²) in [4.78, 5) is 10.2. The minimum atomic E-state index is -0.482. The van der Waals surface area contributed by atoms with Crippen LogP contribution in [0.5, 0.6) is 5.75 Å². The van der Waals surface area contributed by atoms with Crippen LogP contribution in [0.1, 0.15) is 11.1 Å². The summed E-state index contributed by atoms with van der Waals surface area (Å²) in [6.45, 7) is 1.92. The van der Waals surface area contributed by atoms with Gasteiger partial charge in [-0.3, -0.25) is 10.1 Å². The van der Waals surface area contributed by atoms with Crippen LogP contribution in [0.2, 0.25) is 0 Å². The Morgan fingerprint density at radius 2 is 2.10 bits per heavy atom. The summed E-state index contributed by atoms with van der Waals surface area (Å²) in [7, 11) is 0. The summed E-state index contributed by atoms with van der Waals surface area (Å²) in [5, 5.41) is 10.7. The molecule has 0 aliphatic rings. The molecule has 104 valence electrons. The second-order valence-corrected chi connectivity index (χ2v) is 5.00. The van der Waals surface area contributed by atoms with E-state index in [0.717, 1.165) is 5.56 Å². The normalized spacial score (nSPS) is 10.3. The van der Waals surface area contributed by atoms with Gasteiger partial charge in [-0.25, -0.2) is 4.39 Å². The van der Waals surface area contributed by atoms with Gasteiger partial charge in [-0.15, -0.1) is 0 Å². The first kappa shape index (κ1) is 14.5. The van der Waals surface area contributed by atoms with Gasteiger partial charge in [0.2, 0.25) is 0 Å². The number of halogens is 2. The van der Waals surface area contributed by atoms with Crippen molar-refractivity contribution >= 4 is 21.6 Å². The molecule has 0 unspecified atom stereocenters. The molecule has 0 saturated carbocycles. The molecule has 0 N–H and O–H groups in total. The van der Waals surface area contributed by atoms with Gasteiger partial charge in [-0.1, -0.05) is 12.1 Å². The van der Waals surface area contributed by atoms with Crippen molar-refractivity contribution in [2.24, 2.45) is 0 Å². The van der Waals surface area contributed by atoms with Gasteiger partial charge in [0.15, 0.2) is 0 Å². The number of nitro groups is 1. The topological polar surface area (TPSA) is 52.4 Å². The van der Waals surface area contributed by atoms with E-state index < -0.39 is 4.92 Å². The van der Waals surface area contributed by atoms with Gasteiger partial charge >= 0.3 is 0 Å². The van der Waals surface area contributed by atoms with Crippen LogP contribution in [-0.4, -0.2) is 4.92 Å². The fourth-order valence-corrected chi connectivity index (χ4v) is 2.05. The maximum absolute atomic E-state index is 13.4. The third-order valence-corrected chi connectivity index (χ3v) is 3.69. The summed E-state index contributed by atoms with van der Waals surface area (Å²) < 4.78 is 19.2. The van der Waals surface area contributed by atoms with Gasteiger partial charge in [-0.2, -0.15) is 0 Å². The molecule has 20 heavy (non-hydrogen) atoms. The predicted molar refractivity (Wildman–Crippen MR) is 76.3 cm³/mol. The van der Waals surface area contributed by atoms with Crippen molar-refractivity contribution in [3.8, 4) is 5.75 Å². The molecule has 2 rings (SSSR count). The molecule has 2 aromatic carbocycles. The number of non-ortho nitro benzene ring substituents is 1. The van der Waals surface area contributed by atoms with Crippen LogP contribution in [0, 0.1) is 22.9 Å². The van der Waals surface area contributed by atoms with E-state index in [1.54, 1.807) is 25.1 Å². The number of ether oxygens (including phenoxy) is 1. The highest BCUT2D eigenvalue weighted by atomic mass is 79.9. The van der Waals surface area contributed by atoms with Crippen LogP contribution in [-0.2, 0) is 6.61 Å². The van der Waals surface area contributed by atoms with Gasteiger partial charge in [0, 0.05) is 11.6 Å². The summed E-state index contributed by atoms with van der Waals surface area (Å²) >= 11 is 3.15. The van der Waals surface area contributed by atoms with Crippen LogP contribution in [0.3, 0.4) is 0 Å². The monoisotopic (exact) mass is 339 g/mol. The lowest BCUT2D eigenvalue weighted by Crippen LogP contribution is -2.00. The molecule has 2 aromatic rings. The maximum atomic E-state index is 13.4. The van der Waals surface area contributed by atoms with Crippen molar-refractivity contribution < 1.29 is 14.1 Å². The van der Waals surface area contributed by atoms with E-state index in [2.05, 4.69) is 15.9 Å². The number of hydrogen-bond acceptors (Lipinski definition) is 3. The first-order valence-corrected chi connectivity index (χ1v) is 6.59. The van der Waals surface area contributed by atoms with E-state index >= 15 is 0 Å². The molecule has 0 atom stereocenters. The smallest absolute Gasteiger partial charge is 0.273 e. The zero-order valence-corrected chi connectivity index (χ0v) is 12.2. The summed E-state index contributed by atoms with van der Waals surface area (Å²) in [5.41, 5.74) is 1.38. The van der Waals surface area contributed by atoms with Crippen molar-refractivity contribution in [1.29, 1.82) is 0 Å². The standard InChI is InChI=1S/C14H11BrFNO3/c1-9-5-6-11(17(18)19)7-13(9)20-8-10-3-2-4-12(16)14(10)15/h2-7H,8H2,1H3. The molecule has 0 radical (unpaired) electrons. The Labute approximate surface area is 123 Å². The quantitative estimate of drug-likeness (QED) is 0.613. The summed E-state index contributed by atoms with van der Waals surface area (Å²) in [6, 6.07) is 9.04. The molecule has 0 aliphatic heterocycles. The summed E-state index contributed by atoms with van der Waals surface area (Å²) in [5.74, 6) is 0.0391. The Bertz CT molecular complexity index is 661. The molecule has 0 fully saturated rings. The van der Waals surface area contributed by atoms with Gasteiger partial charge in [0.25, 0.3) is 5.69 Å². The van der Waals surface area contributed by atoms with E-state index in [1.807, 2.05) is 0 Å². The molecule has 4 nitrogen and oxygen atoms in total. The van der Waals surface area contributed by atoms with Gasteiger partial charge in [0.05, 0.1) is 15.5 Å². The highest BCUT2D eigenvalue weighted by Crippen LogP contribution is 2.26. The molecular weight excluding hydrogens is 329 g/mol. The summed E-state index contributed by atoms with van der Waals surface area (Å²) in [6.07, 6.45) is 0. The first-order valence-electron chi connectivity index (χ1n) is 5.80. The molecular formula is C14H11BrFNO3. The molecule has 6 heteroatoms. The Kier molecular flexibility index (Phi) is 4.34. The second-order valence-electron chi connectivity index (χ2n) is 4.21. The van der Waals surface area contributed by atoms with Crippen LogP contribution in [0.15, 0.2) is 40.9 Å². The van der Waals surface area contributed by atoms with Gasteiger partial charge in [-0.05, 0) is 40.5 Å². The Hall–Kier alpha value is -1.95. The third-order valence-electron chi connectivity index (χ3n) is 2.80. The van der Waals surface area contributed by atoms with Crippen molar-refractivity contribution in [2.45, 2.75) is 13.5 Å². The van der Waals surface area contributed by atoms with E-state index in [1.165, 1.54) is 18.2 Å². The average molecular weight is 340 g/mol. The molecule has 0 saturated heterocycles. The molecule has 0 heterocycles. The number of nitrogens with zero attached hydrogens (tertiary/aromatic N) is 1. The lowest BCUT2D eigenvalue weighted by molar-refractivity contribution is -0.385. The van der Waals surface area contributed by atoms with E-state index in [0.29, 0.717) is 15.8 Å². The number of nitro benzene ring substituents is 1. The van der Waals surface area contributed by atoms with Crippen LogP contribution in [0.4, 0.5) is 10.1 Å². The molecule has 0 aliphatic carbocycles. The Morgan fingerprint density at radius 1 is 1.35 bits per heavy atom. The molecule has 0 spiro atoms. The van der Waals surface area contributed by atoms with Crippen molar-refractivity contribution in [1.82, 2.24) is 0 Å². The van der Waals surface area contributed by atoms with E-state index in [9.17, 15) is 14.5 Å². The molecule has 0 amide bonds. The van der Waals surface area contributed by atoms with Crippen molar-refractivity contribution in [3.63, 3.8) is 0 Å². The first-order chi connectivity index (χ1) is 9.49. The number of rotatable bonds is 4. The zero-order chi connectivity index (χ0) is 14.7. The lowest BCUT2D eigenvalue weighted by Gasteiger charge is -2.10. The highest BCUT2D eigenvalue weighted by molar-refractivity contribution is 9.10. The van der Waals surface area contributed by atoms with Gasteiger partial charge < -0.3 is 4.74 Å². The molecule has 0 aromatic heterocycles. The Balaban J connectivity index is 2.20. The van der Waals surface area contributed by atoms with Crippen LogP contribution >= 0.6 is 15.9 Å².